The third-order valence-electron chi connectivity index (χ3n) is 4.75. The Bertz CT molecular complexity index is 1040. The van der Waals surface area contributed by atoms with Crippen LogP contribution in [-0.4, -0.2) is 59.1 Å². The highest BCUT2D eigenvalue weighted by molar-refractivity contribution is 5.94. The molecule has 0 fully saturated rings. The molecule has 2 aromatic rings. The van der Waals surface area contributed by atoms with Crippen LogP contribution < -0.4 is 26.8 Å². The van der Waals surface area contributed by atoms with E-state index in [4.69, 9.17) is 26.1 Å². The third-order valence-corrected chi connectivity index (χ3v) is 4.75. The first-order valence-electron chi connectivity index (χ1n) is 12.3. The molecule has 0 aliphatic heterocycles. The number of carbonyl (C=O) groups is 3. The van der Waals surface area contributed by atoms with Gasteiger partial charge in [-0.2, -0.15) is 0 Å². The number of non-ortho nitro benzene ring substituents is 1. The van der Waals surface area contributed by atoms with Crippen molar-refractivity contribution in [3.63, 3.8) is 0 Å². The molecule has 15 nitrogen and oxygen atoms in total. The fraction of sp³-hybridized carbons (Fsp3) is 0.400. The maximum absolute atomic E-state index is 12.8. The minimum absolute atomic E-state index is 0.0256. The minimum atomic E-state index is -0.940. The number of anilines is 1. The largest absolute Gasteiger partial charge is 0.489 e. The Morgan fingerprint density at radius 2 is 1.73 bits per heavy atom. The highest BCUT2D eigenvalue weighted by atomic mass is 16.6. The van der Waals surface area contributed by atoms with Crippen LogP contribution in [0.15, 0.2) is 53.8 Å². The van der Waals surface area contributed by atoms with E-state index in [9.17, 15) is 24.6 Å². The van der Waals surface area contributed by atoms with E-state index in [0.29, 0.717) is 24.4 Å². The first-order chi connectivity index (χ1) is 19.2. The lowest BCUT2D eigenvalue weighted by atomic mass is 10.1. The summed E-state index contributed by atoms with van der Waals surface area (Å²) in [5.74, 6) is -0.489. The zero-order valence-corrected chi connectivity index (χ0v) is 22.5. The fourth-order valence-corrected chi connectivity index (χ4v) is 2.90. The van der Waals surface area contributed by atoms with Crippen LogP contribution in [0.3, 0.4) is 0 Å². The second-order valence-electron chi connectivity index (χ2n) is 7.97. The van der Waals surface area contributed by atoms with E-state index in [1.807, 2.05) is 0 Å². The molecule has 0 aliphatic rings. The molecule has 1 atom stereocenters. The molecule has 0 aliphatic carbocycles. The monoisotopic (exact) mass is 563 g/mol. The lowest BCUT2D eigenvalue weighted by Crippen LogP contribution is -2.47. The van der Waals surface area contributed by atoms with Crippen molar-refractivity contribution < 1.29 is 29.2 Å². The second-order valence-corrected chi connectivity index (χ2v) is 7.97. The van der Waals surface area contributed by atoms with Gasteiger partial charge in [0.15, 0.2) is 0 Å². The normalized spacial score (nSPS) is 10.3. The average molecular weight is 564 g/mol. The van der Waals surface area contributed by atoms with E-state index in [1.165, 1.54) is 30.7 Å². The van der Waals surface area contributed by atoms with Gasteiger partial charge in [-0.15, -0.1) is 4.91 Å². The molecule has 0 aromatic heterocycles. The molecule has 0 heterocycles. The molecule has 1 unspecified atom stereocenters. The van der Waals surface area contributed by atoms with Crippen molar-refractivity contribution in [2.45, 2.75) is 45.8 Å². The summed E-state index contributed by atoms with van der Waals surface area (Å²) in [6, 6.07) is 11.6. The Morgan fingerprint density at radius 3 is 2.20 bits per heavy atom. The number of nitro benzene ring substituents is 1. The van der Waals surface area contributed by atoms with Gasteiger partial charge in [-0.3, -0.25) is 24.5 Å². The average Bonchev–Trinajstić information content (AvgIpc) is 2.95. The molecular weight excluding hydrogens is 526 g/mol. The standard InChI is InChI=1S/C21H27N7O6.C3H8.CH2O2/c22-11-1-2-19(27(26-31)14-24-20(29)12-23)21(30)25-16-5-3-15(4-6-16)13-34-18-9-7-17(8-10-18)28(32)33;1-3-2;2-1-3/h3-10,19H,1-2,11-14,22-23H2,(H,24,29)(H,25,30);3H2,1-2H3;1H,(H,2,3). The van der Waals surface area contributed by atoms with Crippen LogP contribution in [0.2, 0.25) is 0 Å². The molecule has 0 saturated carbocycles. The molecule has 0 bridgehead atoms. The minimum Gasteiger partial charge on any atom is -0.489 e. The van der Waals surface area contributed by atoms with E-state index in [2.05, 4.69) is 29.8 Å². The maximum atomic E-state index is 12.8. The van der Waals surface area contributed by atoms with Gasteiger partial charge >= 0.3 is 0 Å². The predicted octanol–water partition coefficient (Wildman–Crippen LogP) is 2.35. The fourth-order valence-electron chi connectivity index (χ4n) is 2.90. The van der Waals surface area contributed by atoms with E-state index < -0.39 is 22.8 Å². The number of nitro groups is 1. The summed E-state index contributed by atoms with van der Waals surface area (Å²) in [6.45, 7) is 4.01. The third kappa shape index (κ3) is 14.3. The maximum Gasteiger partial charge on any atom is 0.290 e. The number of hydrogen-bond acceptors (Lipinski definition) is 10. The Balaban J connectivity index is 0.00000232. The first-order valence-corrected chi connectivity index (χ1v) is 12.3. The molecule has 220 valence electrons. The van der Waals surface area contributed by atoms with Crippen molar-refractivity contribution in [2.24, 2.45) is 16.8 Å². The van der Waals surface area contributed by atoms with E-state index in [1.54, 1.807) is 24.3 Å². The Morgan fingerprint density at radius 1 is 1.15 bits per heavy atom. The van der Waals surface area contributed by atoms with Gasteiger partial charge in [0.2, 0.25) is 11.8 Å². The van der Waals surface area contributed by atoms with Crippen LogP contribution in [0.1, 0.15) is 38.7 Å². The number of amides is 2. The number of carbonyl (C=O) groups excluding carboxylic acids is 2. The summed E-state index contributed by atoms with van der Waals surface area (Å²) in [5, 5.41) is 26.5. The summed E-state index contributed by atoms with van der Waals surface area (Å²) < 4.78 is 5.61. The van der Waals surface area contributed by atoms with Gasteiger partial charge in [0.25, 0.3) is 12.2 Å². The molecule has 0 radical (unpaired) electrons. The number of hydrogen-bond donors (Lipinski definition) is 5. The van der Waals surface area contributed by atoms with Crippen LogP contribution in [0.4, 0.5) is 11.4 Å². The van der Waals surface area contributed by atoms with Crippen molar-refractivity contribution >= 4 is 29.7 Å². The van der Waals surface area contributed by atoms with E-state index >= 15 is 0 Å². The van der Waals surface area contributed by atoms with Gasteiger partial charge in [-0.1, -0.05) is 32.4 Å². The van der Waals surface area contributed by atoms with Crippen molar-refractivity contribution in [1.29, 1.82) is 0 Å². The van der Waals surface area contributed by atoms with Gasteiger partial charge in [-0.05, 0) is 49.2 Å². The van der Waals surface area contributed by atoms with Crippen molar-refractivity contribution in [1.82, 2.24) is 10.3 Å². The van der Waals surface area contributed by atoms with Gasteiger partial charge in [-0.25, -0.2) is 5.01 Å². The topological polar surface area (TPSA) is 233 Å². The molecule has 0 spiro atoms. The van der Waals surface area contributed by atoms with E-state index in [0.717, 1.165) is 10.6 Å². The smallest absolute Gasteiger partial charge is 0.290 e. The molecule has 7 N–H and O–H groups in total. The van der Waals surface area contributed by atoms with Crippen molar-refractivity contribution in [3.05, 3.63) is 69.1 Å². The molecule has 40 heavy (non-hydrogen) atoms. The highest BCUT2D eigenvalue weighted by Gasteiger charge is 2.26. The van der Waals surface area contributed by atoms with Gasteiger partial charge in [0.1, 0.15) is 25.1 Å². The number of ether oxygens (including phenoxy) is 1. The van der Waals surface area contributed by atoms with Gasteiger partial charge in [0.05, 0.1) is 16.8 Å². The number of nitrogens with one attached hydrogen (secondary N) is 2. The van der Waals surface area contributed by atoms with Crippen LogP contribution in [0.5, 0.6) is 5.75 Å². The highest BCUT2D eigenvalue weighted by Crippen LogP contribution is 2.19. The number of carboxylic acid groups (broad SMARTS) is 1. The summed E-state index contributed by atoms with van der Waals surface area (Å²) in [5.41, 5.74) is 12.0. The Kier molecular flexibility index (Phi) is 18.9. The lowest BCUT2D eigenvalue weighted by molar-refractivity contribution is -0.384. The molecule has 2 aromatic carbocycles. The lowest BCUT2D eigenvalue weighted by Gasteiger charge is -2.25. The molecule has 2 rings (SSSR count). The van der Waals surface area contributed by atoms with Crippen LogP contribution >= 0.6 is 0 Å². The van der Waals surface area contributed by atoms with Crippen LogP contribution in [-0.2, 0) is 21.0 Å². The van der Waals surface area contributed by atoms with Gasteiger partial charge in [0, 0.05) is 17.8 Å². The number of rotatable bonds is 14. The number of nitrogens with zero attached hydrogens (tertiary/aromatic N) is 3. The second kappa shape index (κ2) is 21.3. The Labute approximate surface area is 231 Å². The van der Waals surface area contributed by atoms with Crippen molar-refractivity contribution in [3.8, 4) is 5.75 Å². The van der Waals surface area contributed by atoms with Crippen LogP contribution in [0, 0.1) is 15.0 Å². The van der Waals surface area contributed by atoms with Gasteiger partial charge < -0.3 is 31.9 Å². The first kappa shape index (κ1) is 35.4. The summed E-state index contributed by atoms with van der Waals surface area (Å²) in [6.07, 6.45) is 1.97. The summed E-state index contributed by atoms with van der Waals surface area (Å²) >= 11 is 0. The zero-order valence-electron chi connectivity index (χ0n) is 22.5. The number of nitroso groups, excluding NO2 is 1. The number of benzene rings is 2. The molecule has 0 saturated heterocycles. The quantitative estimate of drug-likeness (QED) is 0.0735. The summed E-state index contributed by atoms with van der Waals surface area (Å²) in [4.78, 5) is 54.1. The summed E-state index contributed by atoms with van der Waals surface area (Å²) in [7, 11) is 0. The SMILES string of the molecule is CCC.NCCCC(C(=O)Nc1ccc(COc2ccc([N+](=O)[O-])cc2)cc1)N(CNC(=O)CN)N=O.O=CO. The van der Waals surface area contributed by atoms with E-state index in [-0.39, 0.29) is 38.4 Å². The molecule has 15 heteroatoms. The number of nitrogens with two attached hydrogens (primary N) is 2. The predicted molar refractivity (Wildman–Crippen MR) is 149 cm³/mol. The zero-order chi connectivity index (χ0) is 30.3. The van der Waals surface area contributed by atoms with Crippen LogP contribution in [0.25, 0.3) is 0 Å². The Hall–Kier alpha value is -4.63. The molecular formula is C25H37N7O8. The van der Waals surface area contributed by atoms with Crippen molar-refractivity contribution in [2.75, 3.05) is 25.1 Å². The molecule has 2 amide bonds.